The zero-order chi connectivity index (χ0) is 19.0. The molecule has 2 saturated heterocycles. The van der Waals surface area contributed by atoms with E-state index in [1.54, 1.807) is 15.9 Å². The largest absolute Gasteiger partial charge is 0.464 e. The van der Waals surface area contributed by atoms with Crippen molar-refractivity contribution in [2.45, 2.75) is 25.3 Å². The number of likely N-dealkylation sites (N-methyl/N-ethyl adjacent to an activating group) is 1. The summed E-state index contributed by atoms with van der Waals surface area (Å²) in [5, 5.41) is 2.41. The molecule has 0 atom stereocenters. The minimum Gasteiger partial charge on any atom is -0.464 e. The number of fused-ring (bicyclic) bond motifs is 1. The minimum atomic E-state index is -0.827. The number of carbonyl (C=O) groups is 3. The zero-order valence-corrected chi connectivity index (χ0v) is 15.1. The van der Waals surface area contributed by atoms with Gasteiger partial charge in [-0.25, -0.2) is 4.79 Å². The van der Waals surface area contributed by atoms with Crippen LogP contribution in [0.1, 0.15) is 25.3 Å². The van der Waals surface area contributed by atoms with Crippen LogP contribution in [0, 0.1) is 0 Å². The van der Waals surface area contributed by atoms with Gasteiger partial charge in [0.1, 0.15) is 11.3 Å². The summed E-state index contributed by atoms with van der Waals surface area (Å²) in [4.78, 5) is 40.7. The molecule has 1 aromatic rings. The van der Waals surface area contributed by atoms with Crippen LogP contribution in [0.15, 0.2) is 42.2 Å². The van der Waals surface area contributed by atoms with Gasteiger partial charge in [0, 0.05) is 30.8 Å². The Labute approximate surface area is 157 Å². The van der Waals surface area contributed by atoms with Gasteiger partial charge in [-0.3, -0.25) is 14.9 Å². The fourth-order valence-corrected chi connectivity index (χ4v) is 4.04. The highest BCUT2D eigenvalue weighted by atomic mass is 16.5. The summed E-state index contributed by atoms with van der Waals surface area (Å²) in [5.74, 6) is 0.348. The standard InChI is InChI=1S/C20H21N3O4/c1-2-23-19(26)21-18(25)20(23)8-10-22(11-9-20)17(24)15-7-12-27-16-6-4-3-5-14(16)13-15/h3-7,12-13H,2,8-11H2,1H3,(H,21,25,26). The third-order valence-corrected chi connectivity index (χ3v) is 5.52. The van der Waals surface area contributed by atoms with Crippen molar-refractivity contribution in [1.29, 1.82) is 0 Å². The summed E-state index contributed by atoms with van der Waals surface area (Å²) in [7, 11) is 0. The normalized spacial score (nSPS) is 20.7. The predicted octanol–water partition coefficient (Wildman–Crippen LogP) is 1.91. The molecule has 3 aliphatic heterocycles. The number of hydrogen-bond acceptors (Lipinski definition) is 4. The Morgan fingerprint density at radius 2 is 1.96 bits per heavy atom. The maximum Gasteiger partial charge on any atom is 0.325 e. The number of rotatable bonds is 2. The van der Waals surface area contributed by atoms with Crippen molar-refractivity contribution in [3.63, 3.8) is 0 Å². The predicted molar refractivity (Wildman–Crippen MR) is 98.7 cm³/mol. The molecule has 2 fully saturated rings. The van der Waals surface area contributed by atoms with Crippen molar-refractivity contribution in [3.8, 4) is 5.75 Å². The lowest BCUT2D eigenvalue weighted by molar-refractivity contribution is -0.135. The van der Waals surface area contributed by atoms with Crippen molar-refractivity contribution in [1.82, 2.24) is 15.1 Å². The Hall–Kier alpha value is -3.09. The van der Waals surface area contributed by atoms with Crippen LogP contribution in [0.25, 0.3) is 6.08 Å². The van der Waals surface area contributed by atoms with Crippen LogP contribution in [0.4, 0.5) is 4.79 Å². The number of amides is 4. The Bertz CT molecular complexity index is 866. The van der Waals surface area contributed by atoms with Crippen molar-refractivity contribution < 1.29 is 19.1 Å². The summed E-state index contributed by atoms with van der Waals surface area (Å²) in [5.41, 5.74) is 0.555. The van der Waals surface area contributed by atoms with Gasteiger partial charge in [0.15, 0.2) is 0 Å². The number of imide groups is 1. The van der Waals surface area contributed by atoms with Gasteiger partial charge in [-0.1, -0.05) is 18.2 Å². The summed E-state index contributed by atoms with van der Waals surface area (Å²) in [6.45, 7) is 3.16. The molecule has 140 valence electrons. The van der Waals surface area contributed by atoms with Crippen LogP contribution < -0.4 is 10.1 Å². The van der Waals surface area contributed by atoms with Gasteiger partial charge in [-0.15, -0.1) is 0 Å². The number of ether oxygens (including phenoxy) is 1. The average Bonchev–Trinajstić information content (AvgIpc) is 2.82. The molecule has 7 heteroatoms. The van der Waals surface area contributed by atoms with Crippen LogP contribution in [0.5, 0.6) is 5.75 Å². The molecule has 0 bridgehead atoms. The Balaban J connectivity index is 1.52. The van der Waals surface area contributed by atoms with Gasteiger partial charge in [0.05, 0.1) is 6.26 Å². The van der Waals surface area contributed by atoms with E-state index in [9.17, 15) is 14.4 Å². The lowest BCUT2D eigenvalue weighted by atomic mass is 9.86. The second-order valence-corrected chi connectivity index (χ2v) is 6.89. The summed E-state index contributed by atoms with van der Waals surface area (Å²) in [6.07, 6.45) is 5.87. The monoisotopic (exact) mass is 367 g/mol. The molecule has 3 aliphatic rings. The molecule has 4 amide bonds. The first-order chi connectivity index (χ1) is 13.0. The van der Waals surface area contributed by atoms with Crippen LogP contribution in [-0.2, 0) is 9.59 Å². The smallest absolute Gasteiger partial charge is 0.325 e. The molecule has 1 spiro atoms. The number of hydrogen-bond donors (Lipinski definition) is 1. The number of piperidine rings is 1. The van der Waals surface area contributed by atoms with Gasteiger partial charge in [0.2, 0.25) is 0 Å². The third-order valence-electron chi connectivity index (χ3n) is 5.52. The van der Waals surface area contributed by atoms with E-state index in [1.165, 1.54) is 6.26 Å². The highest BCUT2D eigenvalue weighted by Crippen LogP contribution is 2.34. The minimum absolute atomic E-state index is 0.103. The molecule has 0 saturated carbocycles. The van der Waals surface area contributed by atoms with Crippen LogP contribution in [0.3, 0.4) is 0 Å². The molecule has 27 heavy (non-hydrogen) atoms. The SMILES string of the molecule is CCN1C(=O)NC(=O)C12CCN(C(=O)C1=Cc3ccccc3OC=C1)CC2. The molecule has 1 N–H and O–H groups in total. The van der Waals surface area contributed by atoms with Crippen molar-refractivity contribution in [2.75, 3.05) is 19.6 Å². The summed E-state index contributed by atoms with van der Waals surface area (Å²) in [6, 6.07) is 7.18. The van der Waals surface area contributed by atoms with Crippen molar-refractivity contribution in [3.05, 3.63) is 47.7 Å². The maximum atomic E-state index is 13.0. The van der Waals surface area contributed by atoms with Crippen molar-refractivity contribution in [2.24, 2.45) is 0 Å². The Morgan fingerprint density at radius 3 is 2.70 bits per heavy atom. The quantitative estimate of drug-likeness (QED) is 0.810. The Morgan fingerprint density at radius 1 is 1.22 bits per heavy atom. The molecule has 0 aliphatic carbocycles. The summed E-state index contributed by atoms with van der Waals surface area (Å²) >= 11 is 0. The summed E-state index contributed by atoms with van der Waals surface area (Å²) < 4.78 is 5.55. The highest BCUT2D eigenvalue weighted by molar-refractivity contribution is 6.07. The molecule has 3 heterocycles. The zero-order valence-electron chi connectivity index (χ0n) is 15.1. The fourth-order valence-electron chi connectivity index (χ4n) is 4.04. The molecular formula is C20H21N3O4. The van der Waals surface area contributed by atoms with E-state index in [0.29, 0.717) is 43.8 Å². The van der Waals surface area contributed by atoms with Crippen LogP contribution >= 0.6 is 0 Å². The first-order valence-electron chi connectivity index (χ1n) is 9.11. The lowest BCUT2D eigenvalue weighted by Gasteiger charge is -2.41. The number of nitrogens with one attached hydrogen (secondary N) is 1. The molecular weight excluding hydrogens is 346 g/mol. The second-order valence-electron chi connectivity index (χ2n) is 6.89. The number of benzene rings is 1. The number of nitrogens with zero attached hydrogens (tertiary/aromatic N) is 2. The van der Waals surface area contributed by atoms with Gasteiger partial charge >= 0.3 is 6.03 Å². The number of carbonyl (C=O) groups excluding carboxylic acids is 3. The molecule has 0 radical (unpaired) electrons. The van der Waals surface area contributed by atoms with E-state index in [0.717, 1.165) is 5.56 Å². The van der Waals surface area contributed by atoms with E-state index in [2.05, 4.69) is 5.32 Å². The van der Waals surface area contributed by atoms with E-state index in [4.69, 9.17) is 4.74 Å². The number of urea groups is 1. The first-order valence-corrected chi connectivity index (χ1v) is 9.11. The Kier molecular flexibility index (Phi) is 4.22. The van der Waals surface area contributed by atoms with Gasteiger partial charge in [-0.05, 0) is 38.0 Å². The fraction of sp³-hybridized carbons (Fsp3) is 0.350. The maximum absolute atomic E-state index is 13.0. The first kappa shape index (κ1) is 17.3. The van der Waals surface area contributed by atoms with E-state index in [1.807, 2.05) is 37.3 Å². The molecule has 7 nitrogen and oxygen atoms in total. The molecule has 1 aromatic carbocycles. The van der Waals surface area contributed by atoms with Gasteiger partial charge in [0.25, 0.3) is 11.8 Å². The lowest BCUT2D eigenvalue weighted by Crippen LogP contribution is -2.57. The highest BCUT2D eigenvalue weighted by Gasteiger charge is 2.53. The van der Waals surface area contributed by atoms with Gasteiger partial charge in [-0.2, -0.15) is 0 Å². The average molecular weight is 367 g/mol. The third kappa shape index (κ3) is 2.79. The number of likely N-dealkylation sites (tertiary alicyclic amines) is 1. The van der Waals surface area contributed by atoms with E-state index < -0.39 is 5.54 Å². The molecule has 0 unspecified atom stereocenters. The van der Waals surface area contributed by atoms with Gasteiger partial charge < -0.3 is 14.5 Å². The van der Waals surface area contributed by atoms with Crippen LogP contribution in [0.2, 0.25) is 0 Å². The van der Waals surface area contributed by atoms with E-state index >= 15 is 0 Å². The second kappa shape index (κ2) is 6.57. The molecule has 0 aromatic heterocycles. The molecule has 4 rings (SSSR count). The van der Waals surface area contributed by atoms with Crippen LogP contribution in [-0.4, -0.2) is 52.8 Å². The van der Waals surface area contributed by atoms with E-state index in [-0.39, 0.29) is 17.8 Å². The topological polar surface area (TPSA) is 79.0 Å². The number of para-hydroxylation sites is 1. The van der Waals surface area contributed by atoms with Crippen molar-refractivity contribution >= 4 is 23.9 Å².